The lowest BCUT2D eigenvalue weighted by atomic mass is 10.1. The summed E-state index contributed by atoms with van der Waals surface area (Å²) >= 11 is 1.37. The summed E-state index contributed by atoms with van der Waals surface area (Å²) in [6.07, 6.45) is 1.13. The summed E-state index contributed by atoms with van der Waals surface area (Å²) in [7, 11) is 0. The number of hydrogen-bond acceptors (Lipinski definition) is 8. The molecule has 2 aromatic rings. The third-order valence-corrected chi connectivity index (χ3v) is 4.85. The Morgan fingerprint density at radius 3 is 2.68 bits per heavy atom. The first-order valence-corrected chi connectivity index (χ1v) is 8.70. The van der Waals surface area contributed by atoms with Gasteiger partial charge in [-0.3, -0.25) is 10.1 Å². The smallest absolute Gasteiger partial charge is 0.358 e. The monoisotopic (exact) mass is 363 g/mol. The minimum Gasteiger partial charge on any atom is -0.456 e. The van der Waals surface area contributed by atoms with Crippen molar-refractivity contribution in [2.45, 2.75) is 25.6 Å². The highest BCUT2D eigenvalue weighted by atomic mass is 32.1. The second kappa shape index (κ2) is 7.58. The van der Waals surface area contributed by atoms with Crippen molar-refractivity contribution in [3.63, 3.8) is 0 Å². The van der Waals surface area contributed by atoms with Crippen LogP contribution in [0.2, 0.25) is 0 Å². The standard InChI is InChI=1S/C16H17N3O5S/c20-13-5-7-18(8-6-13)16-17-14(10-25-16)15(21)24-9-11-1-3-12(4-2-11)19(22)23/h1-4,10,13,20H,5-9H2. The molecule has 0 saturated carbocycles. The third-order valence-electron chi connectivity index (χ3n) is 3.95. The number of nitrogens with zero attached hydrogens (tertiary/aromatic N) is 3. The number of nitro benzene ring substituents is 1. The van der Waals surface area contributed by atoms with Crippen LogP contribution in [0.3, 0.4) is 0 Å². The Morgan fingerprint density at radius 1 is 1.36 bits per heavy atom. The molecule has 132 valence electrons. The van der Waals surface area contributed by atoms with Crippen molar-refractivity contribution < 1.29 is 19.6 Å². The number of hydrogen-bond donors (Lipinski definition) is 1. The van der Waals surface area contributed by atoms with E-state index in [9.17, 15) is 20.0 Å². The second-order valence-corrected chi connectivity index (χ2v) is 6.57. The quantitative estimate of drug-likeness (QED) is 0.494. The number of non-ortho nitro benzene ring substituents is 1. The zero-order valence-electron chi connectivity index (χ0n) is 13.3. The summed E-state index contributed by atoms with van der Waals surface area (Å²) in [6, 6.07) is 5.84. The van der Waals surface area contributed by atoms with Crippen molar-refractivity contribution >= 4 is 28.1 Å². The van der Waals surface area contributed by atoms with Crippen molar-refractivity contribution in [1.29, 1.82) is 0 Å². The molecule has 1 aromatic carbocycles. The van der Waals surface area contributed by atoms with Gasteiger partial charge < -0.3 is 14.7 Å². The molecule has 0 amide bonds. The highest BCUT2D eigenvalue weighted by Crippen LogP contribution is 2.24. The van der Waals surface area contributed by atoms with Crippen LogP contribution in [0.5, 0.6) is 0 Å². The number of benzene rings is 1. The van der Waals surface area contributed by atoms with Gasteiger partial charge in [-0.15, -0.1) is 11.3 Å². The summed E-state index contributed by atoms with van der Waals surface area (Å²) in [5.74, 6) is -0.530. The van der Waals surface area contributed by atoms with Gasteiger partial charge in [0.15, 0.2) is 10.8 Å². The van der Waals surface area contributed by atoms with Crippen LogP contribution in [0.25, 0.3) is 0 Å². The predicted octanol–water partition coefficient (Wildman–Crippen LogP) is 2.37. The van der Waals surface area contributed by atoms with Crippen LogP contribution in [-0.2, 0) is 11.3 Å². The summed E-state index contributed by atoms with van der Waals surface area (Å²) in [4.78, 5) is 28.6. The summed E-state index contributed by atoms with van der Waals surface area (Å²) in [5, 5.41) is 22.5. The minimum absolute atomic E-state index is 0.00845. The number of rotatable bonds is 5. The van der Waals surface area contributed by atoms with Crippen LogP contribution in [-0.4, -0.2) is 40.2 Å². The van der Waals surface area contributed by atoms with E-state index in [4.69, 9.17) is 4.74 Å². The van der Waals surface area contributed by atoms with Crippen LogP contribution in [0, 0.1) is 10.1 Å². The zero-order chi connectivity index (χ0) is 17.8. The molecule has 25 heavy (non-hydrogen) atoms. The van der Waals surface area contributed by atoms with Gasteiger partial charge in [0.2, 0.25) is 0 Å². The van der Waals surface area contributed by atoms with Gasteiger partial charge in [0.25, 0.3) is 5.69 Å². The van der Waals surface area contributed by atoms with Crippen LogP contribution >= 0.6 is 11.3 Å². The van der Waals surface area contributed by atoms with E-state index >= 15 is 0 Å². The SMILES string of the molecule is O=C(OCc1ccc([N+](=O)[O-])cc1)c1csc(N2CCC(O)CC2)n1. The lowest BCUT2D eigenvalue weighted by Gasteiger charge is -2.29. The van der Waals surface area contributed by atoms with Gasteiger partial charge in [0.05, 0.1) is 11.0 Å². The van der Waals surface area contributed by atoms with Gasteiger partial charge in [0.1, 0.15) is 6.61 Å². The molecule has 1 aliphatic heterocycles. The molecule has 1 aromatic heterocycles. The predicted molar refractivity (Wildman–Crippen MR) is 91.8 cm³/mol. The molecule has 2 heterocycles. The number of piperidine rings is 1. The maximum absolute atomic E-state index is 12.1. The van der Waals surface area contributed by atoms with E-state index in [0.717, 1.165) is 5.13 Å². The molecule has 0 radical (unpaired) electrons. The van der Waals surface area contributed by atoms with Crippen molar-refractivity contribution in [3.8, 4) is 0 Å². The minimum atomic E-state index is -0.530. The maximum atomic E-state index is 12.1. The Bertz CT molecular complexity index is 753. The lowest BCUT2D eigenvalue weighted by molar-refractivity contribution is -0.384. The van der Waals surface area contributed by atoms with E-state index in [1.54, 1.807) is 17.5 Å². The number of carbonyl (C=O) groups is 1. The number of anilines is 1. The summed E-state index contributed by atoms with van der Waals surface area (Å²) in [6.45, 7) is 1.46. The number of nitro groups is 1. The fraction of sp³-hybridized carbons (Fsp3) is 0.375. The highest BCUT2D eigenvalue weighted by molar-refractivity contribution is 7.13. The van der Waals surface area contributed by atoms with Crippen molar-refractivity contribution in [1.82, 2.24) is 4.98 Å². The van der Waals surface area contributed by atoms with E-state index < -0.39 is 10.9 Å². The van der Waals surface area contributed by atoms with Crippen molar-refractivity contribution in [2.75, 3.05) is 18.0 Å². The molecule has 1 saturated heterocycles. The van der Waals surface area contributed by atoms with Gasteiger partial charge in [0, 0.05) is 30.6 Å². The molecule has 0 unspecified atom stereocenters. The Hall–Kier alpha value is -2.52. The number of aliphatic hydroxyl groups is 1. The van der Waals surface area contributed by atoms with Crippen LogP contribution in [0.4, 0.5) is 10.8 Å². The topological polar surface area (TPSA) is 106 Å². The molecule has 0 spiro atoms. The fourth-order valence-electron chi connectivity index (χ4n) is 2.50. The Kier molecular flexibility index (Phi) is 5.25. The molecule has 0 bridgehead atoms. The number of aliphatic hydroxyl groups excluding tert-OH is 1. The fourth-order valence-corrected chi connectivity index (χ4v) is 3.35. The van der Waals surface area contributed by atoms with Crippen LogP contribution in [0.1, 0.15) is 28.9 Å². The molecule has 0 atom stereocenters. The van der Waals surface area contributed by atoms with Gasteiger partial charge in [-0.25, -0.2) is 9.78 Å². The number of thiazole rings is 1. The number of carbonyl (C=O) groups excluding carboxylic acids is 1. The zero-order valence-corrected chi connectivity index (χ0v) is 14.1. The van der Waals surface area contributed by atoms with Crippen LogP contribution < -0.4 is 4.90 Å². The highest BCUT2D eigenvalue weighted by Gasteiger charge is 2.21. The first-order valence-electron chi connectivity index (χ1n) is 7.82. The van der Waals surface area contributed by atoms with Gasteiger partial charge in [-0.05, 0) is 30.5 Å². The van der Waals surface area contributed by atoms with E-state index in [1.165, 1.54) is 23.5 Å². The number of esters is 1. The van der Waals surface area contributed by atoms with Gasteiger partial charge in [-0.2, -0.15) is 0 Å². The lowest BCUT2D eigenvalue weighted by Crippen LogP contribution is -2.35. The molecule has 1 aliphatic rings. The Morgan fingerprint density at radius 2 is 2.04 bits per heavy atom. The second-order valence-electron chi connectivity index (χ2n) is 5.73. The number of ether oxygens (including phenoxy) is 1. The average molecular weight is 363 g/mol. The average Bonchev–Trinajstić information content (AvgIpc) is 3.11. The molecular weight excluding hydrogens is 346 g/mol. The molecule has 9 heteroatoms. The van der Waals surface area contributed by atoms with E-state index in [2.05, 4.69) is 4.98 Å². The Labute approximate surface area is 147 Å². The first-order chi connectivity index (χ1) is 12.0. The number of aromatic nitrogens is 1. The molecule has 3 rings (SSSR count). The largest absolute Gasteiger partial charge is 0.456 e. The molecule has 1 N–H and O–H groups in total. The van der Waals surface area contributed by atoms with E-state index in [0.29, 0.717) is 31.5 Å². The van der Waals surface area contributed by atoms with E-state index in [-0.39, 0.29) is 24.1 Å². The summed E-state index contributed by atoms with van der Waals surface area (Å²) in [5.41, 5.74) is 0.901. The Balaban J connectivity index is 1.55. The first kappa shape index (κ1) is 17.3. The maximum Gasteiger partial charge on any atom is 0.358 e. The van der Waals surface area contributed by atoms with Crippen molar-refractivity contribution in [3.05, 3.63) is 51.0 Å². The molecule has 0 aliphatic carbocycles. The van der Waals surface area contributed by atoms with Gasteiger partial charge in [-0.1, -0.05) is 0 Å². The summed E-state index contributed by atoms with van der Waals surface area (Å²) < 4.78 is 5.21. The van der Waals surface area contributed by atoms with Crippen LogP contribution in [0.15, 0.2) is 29.6 Å². The van der Waals surface area contributed by atoms with E-state index in [1.807, 2.05) is 4.90 Å². The van der Waals surface area contributed by atoms with Gasteiger partial charge >= 0.3 is 5.97 Å². The normalized spacial score (nSPS) is 15.2. The molecular formula is C16H17N3O5S. The van der Waals surface area contributed by atoms with Crippen molar-refractivity contribution in [2.24, 2.45) is 0 Å². The third kappa shape index (κ3) is 4.31. The molecule has 8 nitrogen and oxygen atoms in total. The molecule has 1 fully saturated rings.